The summed E-state index contributed by atoms with van der Waals surface area (Å²) in [6.45, 7) is 15.7. The van der Waals surface area contributed by atoms with Gasteiger partial charge < -0.3 is 4.90 Å². The van der Waals surface area contributed by atoms with E-state index in [-0.39, 0.29) is 0 Å². The molecule has 0 amide bonds. The van der Waals surface area contributed by atoms with Crippen LogP contribution >= 0.6 is 15.9 Å². The van der Waals surface area contributed by atoms with E-state index in [1.165, 1.54) is 32.5 Å². The van der Waals surface area contributed by atoms with Gasteiger partial charge in [0.1, 0.15) is 0 Å². The molecule has 1 aliphatic heterocycles. The van der Waals surface area contributed by atoms with Crippen LogP contribution in [0.4, 0.5) is 0 Å². The van der Waals surface area contributed by atoms with Gasteiger partial charge in [0.15, 0.2) is 0 Å². The molecule has 0 aromatic heterocycles. The van der Waals surface area contributed by atoms with E-state index in [4.69, 9.17) is 0 Å². The largest absolute Gasteiger partial charge is 0.303 e. The van der Waals surface area contributed by atoms with Gasteiger partial charge in [-0.3, -0.25) is 0 Å². The minimum absolute atomic E-state index is 0.413. The van der Waals surface area contributed by atoms with E-state index in [2.05, 4.69) is 55.4 Å². The molecule has 1 nitrogen and oxygen atoms in total. The standard InChI is InChI=1S/C14H28BrN/c1-13(2,3)12(10-15)11-16-8-6-14(4,5)7-9-16/h12H,6-11H2,1-5H3. The fourth-order valence-corrected chi connectivity index (χ4v) is 3.38. The predicted octanol–water partition coefficient (Wildman–Crippen LogP) is 4.17. The Hall–Kier alpha value is 0.440. The molecule has 0 saturated carbocycles. The molecule has 2 heteroatoms. The first-order chi connectivity index (χ1) is 7.24. The van der Waals surface area contributed by atoms with Gasteiger partial charge in [-0.2, -0.15) is 0 Å². The highest BCUT2D eigenvalue weighted by atomic mass is 79.9. The van der Waals surface area contributed by atoms with Crippen LogP contribution in [-0.4, -0.2) is 29.9 Å². The third-order valence-corrected chi connectivity index (χ3v) is 4.88. The van der Waals surface area contributed by atoms with E-state index in [9.17, 15) is 0 Å². The van der Waals surface area contributed by atoms with Crippen molar-refractivity contribution in [1.29, 1.82) is 0 Å². The summed E-state index contributed by atoms with van der Waals surface area (Å²) in [7, 11) is 0. The zero-order valence-electron chi connectivity index (χ0n) is 11.6. The lowest BCUT2D eigenvalue weighted by molar-refractivity contribution is 0.0957. The van der Waals surface area contributed by atoms with Crippen molar-refractivity contribution in [2.75, 3.05) is 25.0 Å². The Labute approximate surface area is 110 Å². The summed E-state index contributed by atoms with van der Waals surface area (Å²) in [5.74, 6) is 0.758. The molecule has 1 unspecified atom stereocenters. The molecule has 0 radical (unpaired) electrons. The van der Waals surface area contributed by atoms with Crippen molar-refractivity contribution in [2.45, 2.75) is 47.5 Å². The fourth-order valence-electron chi connectivity index (χ4n) is 2.21. The zero-order chi connectivity index (χ0) is 12.4. The highest BCUT2D eigenvalue weighted by molar-refractivity contribution is 9.09. The zero-order valence-corrected chi connectivity index (χ0v) is 13.2. The summed E-state index contributed by atoms with van der Waals surface area (Å²) >= 11 is 3.67. The second kappa shape index (κ2) is 5.39. The number of rotatable bonds is 3. The Kier molecular flexibility index (Phi) is 4.88. The van der Waals surface area contributed by atoms with Gasteiger partial charge in [0.05, 0.1) is 0 Å². The molecule has 96 valence electrons. The maximum absolute atomic E-state index is 3.67. The van der Waals surface area contributed by atoms with Crippen molar-refractivity contribution in [2.24, 2.45) is 16.7 Å². The number of hydrogen-bond donors (Lipinski definition) is 0. The fraction of sp³-hybridized carbons (Fsp3) is 1.00. The molecule has 1 aliphatic rings. The lowest BCUT2D eigenvalue weighted by Crippen LogP contribution is -2.42. The minimum Gasteiger partial charge on any atom is -0.303 e. The molecular formula is C14H28BrN. The molecule has 1 fully saturated rings. The molecule has 1 heterocycles. The summed E-state index contributed by atoms with van der Waals surface area (Å²) < 4.78 is 0. The first-order valence-corrected chi connectivity index (χ1v) is 7.65. The van der Waals surface area contributed by atoms with Crippen molar-refractivity contribution >= 4 is 15.9 Å². The van der Waals surface area contributed by atoms with Gasteiger partial charge in [0, 0.05) is 11.9 Å². The van der Waals surface area contributed by atoms with Crippen LogP contribution in [0.5, 0.6) is 0 Å². The van der Waals surface area contributed by atoms with Gasteiger partial charge in [-0.05, 0) is 42.7 Å². The maximum Gasteiger partial charge on any atom is 0.00768 e. The Morgan fingerprint density at radius 1 is 1.19 bits per heavy atom. The van der Waals surface area contributed by atoms with E-state index in [1.807, 2.05) is 0 Å². The normalized spacial score (nSPS) is 24.4. The number of halogens is 1. The van der Waals surface area contributed by atoms with E-state index in [1.54, 1.807) is 0 Å². The van der Waals surface area contributed by atoms with Gasteiger partial charge in [-0.25, -0.2) is 0 Å². The smallest absolute Gasteiger partial charge is 0.00768 e. The average molecular weight is 290 g/mol. The molecule has 16 heavy (non-hydrogen) atoms. The van der Waals surface area contributed by atoms with Gasteiger partial charge in [0.25, 0.3) is 0 Å². The Morgan fingerprint density at radius 3 is 2.06 bits per heavy atom. The number of nitrogens with zero attached hydrogens (tertiary/aromatic N) is 1. The number of likely N-dealkylation sites (tertiary alicyclic amines) is 1. The van der Waals surface area contributed by atoms with Crippen LogP contribution in [0, 0.1) is 16.7 Å². The molecule has 0 aromatic rings. The Balaban J connectivity index is 2.43. The summed E-state index contributed by atoms with van der Waals surface area (Å²) in [6, 6.07) is 0. The highest BCUT2D eigenvalue weighted by Crippen LogP contribution is 2.33. The van der Waals surface area contributed by atoms with E-state index in [0.29, 0.717) is 10.8 Å². The number of piperidine rings is 1. The van der Waals surface area contributed by atoms with Crippen LogP contribution in [0.2, 0.25) is 0 Å². The average Bonchev–Trinajstić information content (AvgIpc) is 2.14. The lowest BCUT2D eigenvalue weighted by Gasteiger charge is -2.40. The summed E-state index contributed by atoms with van der Waals surface area (Å²) in [6.07, 6.45) is 2.71. The maximum atomic E-state index is 3.67. The van der Waals surface area contributed by atoms with Gasteiger partial charge >= 0.3 is 0 Å². The van der Waals surface area contributed by atoms with Crippen LogP contribution in [-0.2, 0) is 0 Å². The first-order valence-electron chi connectivity index (χ1n) is 6.53. The molecule has 0 bridgehead atoms. The van der Waals surface area contributed by atoms with E-state index in [0.717, 1.165) is 11.2 Å². The van der Waals surface area contributed by atoms with Crippen molar-refractivity contribution in [1.82, 2.24) is 4.90 Å². The number of hydrogen-bond acceptors (Lipinski definition) is 1. The summed E-state index contributed by atoms with van der Waals surface area (Å²) in [4.78, 5) is 2.66. The highest BCUT2D eigenvalue weighted by Gasteiger charge is 2.30. The summed E-state index contributed by atoms with van der Waals surface area (Å²) in [5, 5.41) is 1.12. The summed E-state index contributed by atoms with van der Waals surface area (Å²) in [5.41, 5.74) is 0.985. The molecule has 1 rings (SSSR count). The van der Waals surface area contributed by atoms with E-state index < -0.39 is 0 Å². The molecular weight excluding hydrogens is 262 g/mol. The van der Waals surface area contributed by atoms with Crippen LogP contribution in [0.3, 0.4) is 0 Å². The molecule has 0 aliphatic carbocycles. The van der Waals surface area contributed by atoms with Gasteiger partial charge in [-0.15, -0.1) is 0 Å². The van der Waals surface area contributed by atoms with Crippen LogP contribution in [0.25, 0.3) is 0 Å². The van der Waals surface area contributed by atoms with Crippen molar-refractivity contribution < 1.29 is 0 Å². The number of alkyl halides is 1. The SMILES string of the molecule is CC1(C)CCN(CC(CBr)C(C)(C)C)CC1. The minimum atomic E-state index is 0.413. The van der Waals surface area contributed by atoms with Crippen molar-refractivity contribution in [3.8, 4) is 0 Å². The molecule has 0 spiro atoms. The van der Waals surface area contributed by atoms with Gasteiger partial charge in [-0.1, -0.05) is 50.5 Å². The third kappa shape index (κ3) is 4.37. The lowest BCUT2D eigenvalue weighted by atomic mass is 9.79. The first kappa shape index (κ1) is 14.5. The van der Waals surface area contributed by atoms with Crippen LogP contribution < -0.4 is 0 Å². The molecule has 0 N–H and O–H groups in total. The monoisotopic (exact) mass is 289 g/mol. The quantitative estimate of drug-likeness (QED) is 0.705. The van der Waals surface area contributed by atoms with Crippen molar-refractivity contribution in [3.63, 3.8) is 0 Å². The van der Waals surface area contributed by atoms with E-state index >= 15 is 0 Å². The molecule has 0 aromatic carbocycles. The Bertz CT molecular complexity index is 207. The third-order valence-electron chi connectivity index (χ3n) is 4.10. The topological polar surface area (TPSA) is 3.24 Å². The second-order valence-corrected chi connectivity index (χ2v) is 7.83. The predicted molar refractivity (Wildman–Crippen MR) is 76.2 cm³/mol. The van der Waals surface area contributed by atoms with Crippen molar-refractivity contribution in [3.05, 3.63) is 0 Å². The van der Waals surface area contributed by atoms with Crippen LogP contribution in [0.1, 0.15) is 47.5 Å². The molecule has 1 saturated heterocycles. The second-order valence-electron chi connectivity index (χ2n) is 7.18. The molecule has 1 atom stereocenters. The van der Waals surface area contributed by atoms with Crippen LogP contribution in [0.15, 0.2) is 0 Å². The van der Waals surface area contributed by atoms with Gasteiger partial charge in [0.2, 0.25) is 0 Å². The Morgan fingerprint density at radius 2 is 1.69 bits per heavy atom.